The zero-order chi connectivity index (χ0) is 63.0. The van der Waals surface area contributed by atoms with Gasteiger partial charge < -0.3 is 24.4 Å². The van der Waals surface area contributed by atoms with Gasteiger partial charge in [-0.3, -0.25) is 0 Å². The molecule has 24 heteroatoms. The molecule has 0 unspecified atom stereocenters. The molecule has 0 radical (unpaired) electrons. The molecule has 0 aliphatic carbocycles. The van der Waals surface area contributed by atoms with Crippen LogP contribution < -0.4 is 34.7 Å². The van der Waals surface area contributed by atoms with Gasteiger partial charge in [0, 0.05) is 54.2 Å². The number of carbonyl (C=O) groups is 2. The minimum absolute atomic E-state index is 0. The number of aliphatic hydroxyl groups is 1. The standard InChI is InChI=1S/C17H13N3O2.C11H13N3Si.C9H9IO2.C8H5N3.C6H4BrN3.C5H9Si.C4H8O.CH4O.CH3O.Na/c1-12-5-6-14(17(21)22-2)10-13(12)7-8-15-11-18-16-4-3-9-19-20(15)16;1-15(2,3)8-6-10-9-12-11-5-4-7-13-14(10)11;1-6-3-4-7(5-8(6)10)9(11)12-2;1-2-7-6-9-8-4-3-5-10-11(7)8;7-5-4-8-6-2-1-3-9-10(5)6;1-5-6(2,3)4;1-2-4-5-3-1;2*1-2;/h3-6,9-11H,1-2H3;4-5,7,9H,1-3H3;3-5H,1-2H3;1,3-6H;1-4H;2-4H3;1-4H2;2H,1H3;1H3;/q;;;;;+1;;;-1;+1. The van der Waals surface area contributed by atoms with E-state index in [-0.39, 0.29) is 41.5 Å². The van der Waals surface area contributed by atoms with Crippen molar-refractivity contribution in [3.8, 4) is 41.2 Å². The van der Waals surface area contributed by atoms with Gasteiger partial charge in [-0.2, -0.15) is 27.5 Å². The maximum absolute atomic E-state index is 11.6. The Labute approximate surface area is 549 Å². The fourth-order valence-electron chi connectivity index (χ4n) is 6.29. The normalized spacial score (nSPS) is 10.6. The first-order valence-corrected chi connectivity index (χ1v) is 34.9. The van der Waals surface area contributed by atoms with Crippen molar-refractivity contribution in [1.29, 1.82) is 0 Å². The minimum atomic E-state index is -1.33. The number of hydrogen-bond acceptors (Lipinski definition) is 15. The number of carbonyl (C=O) groups excluding carboxylic acids is 2. The van der Waals surface area contributed by atoms with Gasteiger partial charge in [-0.15, -0.1) is 12.0 Å². The van der Waals surface area contributed by atoms with Crippen molar-refractivity contribution < 1.29 is 63.6 Å². The van der Waals surface area contributed by atoms with Crippen molar-refractivity contribution in [2.45, 2.75) is 66.0 Å². The second-order valence-corrected chi connectivity index (χ2v) is 30.7. The first kappa shape index (κ1) is 74.9. The molecule has 1 saturated heterocycles. The van der Waals surface area contributed by atoms with Crippen LogP contribution in [0, 0.1) is 65.0 Å². The number of nitrogens with zero attached hydrogens (tertiary/aromatic N) is 12. The molecule has 9 heterocycles. The number of aryl methyl sites for hydroxylation is 2. The third-order valence-electron chi connectivity index (χ3n) is 10.6. The molecule has 86 heavy (non-hydrogen) atoms. The molecule has 1 aliphatic rings. The maximum atomic E-state index is 11.6. The summed E-state index contributed by atoms with van der Waals surface area (Å²) in [6, 6.07) is 25.7. The van der Waals surface area contributed by atoms with Crippen LogP contribution in [-0.2, 0) is 14.2 Å². The second kappa shape index (κ2) is 39.5. The monoisotopic (exact) mass is 1380 g/mol. The largest absolute Gasteiger partial charge is 1.00 e. The number of aliphatic hydroxyl groups excluding tert-OH is 1. The van der Waals surface area contributed by atoms with E-state index in [0.29, 0.717) is 22.5 Å². The van der Waals surface area contributed by atoms with Crippen molar-refractivity contribution in [3.63, 3.8) is 0 Å². The third kappa shape index (κ3) is 25.4. The summed E-state index contributed by atoms with van der Waals surface area (Å²) in [6.07, 6.45) is 28.1. The fourth-order valence-corrected chi connectivity index (χ4v) is 7.68. The zero-order valence-electron chi connectivity index (χ0n) is 50.6. The van der Waals surface area contributed by atoms with Gasteiger partial charge in [0.25, 0.3) is 0 Å². The smallest absolute Gasteiger partial charge is 1.00 e. The molecular weight excluding hydrogens is 1310 g/mol. The molecule has 8 aromatic heterocycles. The van der Waals surface area contributed by atoms with Crippen molar-refractivity contribution in [2.24, 2.45) is 0 Å². The molecule has 19 nitrogen and oxygen atoms in total. The van der Waals surface area contributed by atoms with E-state index in [1.807, 2.05) is 80.6 Å². The van der Waals surface area contributed by atoms with Gasteiger partial charge in [0.2, 0.25) is 0 Å². The Morgan fingerprint density at radius 1 is 0.628 bits per heavy atom. The van der Waals surface area contributed by atoms with Crippen LogP contribution in [0.4, 0.5) is 0 Å². The summed E-state index contributed by atoms with van der Waals surface area (Å²) in [4.78, 5) is 39.2. The van der Waals surface area contributed by atoms with Gasteiger partial charge in [0.1, 0.15) is 29.8 Å². The van der Waals surface area contributed by atoms with E-state index in [0.717, 1.165) is 75.0 Å². The average molecular weight is 1380 g/mol. The van der Waals surface area contributed by atoms with Crippen LogP contribution in [0.3, 0.4) is 0 Å². The molecule has 0 spiro atoms. The second-order valence-electron chi connectivity index (χ2n) is 19.3. The Morgan fingerprint density at radius 3 is 1.42 bits per heavy atom. The van der Waals surface area contributed by atoms with E-state index < -0.39 is 16.1 Å². The molecule has 0 bridgehead atoms. The number of rotatable bonds is 2. The molecule has 1 aliphatic heterocycles. The fraction of sp³-hybridized carbons (Fsp3) is 0.258. The van der Waals surface area contributed by atoms with Gasteiger partial charge in [-0.1, -0.05) is 43.6 Å². The Bertz CT molecular complexity index is 3940. The number of methoxy groups -OCH3 is 2. The number of esters is 2. The van der Waals surface area contributed by atoms with Crippen molar-refractivity contribution in [3.05, 3.63) is 194 Å². The van der Waals surface area contributed by atoms with Gasteiger partial charge in [0.15, 0.2) is 22.6 Å². The van der Waals surface area contributed by atoms with Gasteiger partial charge in [-0.25, -0.2) is 47.6 Å². The number of aromatic nitrogens is 12. The van der Waals surface area contributed by atoms with Crippen molar-refractivity contribution in [1.82, 2.24) is 58.4 Å². The van der Waals surface area contributed by atoms with Gasteiger partial charge >= 0.3 is 81.2 Å². The zero-order valence-corrected chi connectivity index (χ0v) is 58.4. The molecule has 0 amide bonds. The number of fused-ring (bicyclic) bond motifs is 4. The Hall–Kier alpha value is -7.16. The van der Waals surface area contributed by atoms with E-state index in [2.05, 4.69) is 158 Å². The number of benzene rings is 2. The molecule has 0 atom stereocenters. The third-order valence-corrected chi connectivity index (χ3v) is 13.9. The Kier molecular flexibility index (Phi) is 34.4. The minimum Gasteiger partial charge on any atom is 1.00 e. The van der Waals surface area contributed by atoms with Crippen LogP contribution in [0.15, 0.2) is 139 Å². The molecule has 10 aromatic rings. The number of hydrogen-bond donors (Lipinski definition) is 1. The number of terminal acetylenes is 1. The number of halogens is 2. The predicted molar refractivity (Wildman–Crippen MR) is 346 cm³/mol. The van der Waals surface area contributed by atoms with Gasteiger partial charge in [0.05, 0.1) is 50.1 Å². The quantitative estimate of drug-likeness (QED) is 0.0632. The molecule has 1 fully saturated rings. The van der Waals surface area contributed by atoms with Crippen LogP contribution in [0.1, 0.15) is 67.3 Å². The number of imidazole rings is 4. The maximum Gasteiger partial charge on any atom is 1.00 e. The molecule has 11 rings (SSSR count). The van der Waals surface area contributed by atoms with E-state index in [1.54, 1.807) is 85.8 Å². The van der Waals surface area contributed by atoms with Crippen LogP contribution >= 0.6 is 38.5 Å². The van der Waals surface area contributed by atoms with Crippen LogP contribution in [0.2, 0.25) is 39.3 Å². The van der Waals surface area contributed by atoms with Crippen molar-refractivity contribution >= 4 is 89.2 Å². The molecule has 2 aromatic carbocycles. The summed E-state index contributed by atoms with van der Waals surface area (Å²) in [6.45, 7) is 18.9. The SMILES string of the molecule is Brc1cnc2cccnn12.C#Cc1cnc2cccnn12.C1CCOC1.CO.COC(=O)c1ccc(C)c(C#Cc2cnc3cccnn23)c1.COC(=O)c1ccc(C)c(I)c1.C[O-].C[Si](C)(C)C#Cc1cnc2cccnn12.[C+]#C[Si](C)(C)C.[Na+]. The molecule has 440 valence electrons. The molecular formula is C62H68BrIN12NaO7Si2+. The molecule has 1 N–H and O–H groups in total. The summed E-state index contributed by atoms with van der Waals surface area (Å²) in [5.74, 6) is 11.1. The molecule has 0 saturated carbocycles. The van der Waals surface area contributed by atoms with E-state index >= 15 is 0 Å². The first-order valence-electron chi connectivity index (χ1n) is 26.0. The van der Waals surface area contributed by atoms with Crippen molar-refractivity contribution in [2.75, 3.05) is 41.7 Å². The van der Waals surface area contributed by atoms with E-state index in [4.69, 9.17) is 32.5 Å². The Morgan fingerprint density at radius 2 is 1.02 bits per heavy atom. The number of ether oxygens (including phenoxy) is 3. The summed E-state index contributed by atoms with van der Waals surface area (Å²) >= 11 is 5.50. The summed E-state index contributed by atoms with van der Waals surface area (Å²) in [5.41, 5.74) is 15.3. The van der Waals surface area contributed by atoms with Crippen LogP contribution in [-0.4, -0.2) is 133 Å². The Balaban J connectivity index is 0.000000352. The van der Waals surface area contributed by atoms with Crippen LogP contribution in [0.25, 0.3) is 22.6 Å². The predicted octanol–water partition coefficient (Wildman–Crippen LogP) is 6.61. The van der Waals surface area contributed by atoms with Gasteiger partial charge in [-0.05, 0) is 161 Å². The summed E-state index contributed by atoms with van der Waals surface area (Å²) < 4.78 is 23.0. The summed E-state index contributed by atoms with van der Waals surface area (Å²) in [5, 5.41) is 31.7. The first-order chi connectivity index (χ1) is 40.7. The average Bonchev–Trinajstić information content (AvgIpc) is 4.52. The summed E-state index contributed by atoms with van der Waals surface area (Å²) in [7, 11) is 1.95. The topological polar surface area (TPSA) is 226 Å². The van der Waals surface area contributed by atoms with Crippen LogP contribution in [0.5, 0.6) is 0 Å². The van der Waals surface area contributed by atoms with E-state index in [9.17, 15) is 9.59 Å². The van der Waals surface area contributed by atoms with E-state index in [1.165, 1.54) is 32.6 Å².